The lowest BCUT2D eigenvalue weighted by Crippen LogP contribution is -2.13. The standard InChI is InChI=1S/C17H9Cl2N3O2S/c18-11-3-4-13(14(19)7-11)15-9-25-17(21-15)22-16(23)10(8-20)6-12-2-1-5-24-12/h1-7,9H,(H,21,22,23)/b10-6+. The molecule has 2 aromatic heterocycles. The largest absolute Gasteiger partial charge is 0.465 e. The highest BCUT2D eigenvalue weighted by Crippen LogP contribution is 2.32. The number of carbonyl (C=O) groups is 1. The van der Waals surface area contributed by atoms with E-state index in [1.807, 2.05) is 6.07 Å². The topological polar surface area (TPSA) is 78.9 Å². The molecule has 0 atom stereocenters. The summed E-state index contributed by atoms with van der Waals surface area (Å²) < 4.78 is 5.10. The number of furan rings is 1. The van der Waals surface area contributed by atoms with Crippen molar-refractivity contribution < 1.29 is 9.21 Å². The summed E-state index contributed by atoms with van der Waals surface area (Å²) in [5.74, 6) is -0.151. The Bertz CT molecular complexity index is 988. The number of nitrogens with zero attached hydrogens (tertiary/aromatic N) is 2. The van der Waals surface area contributed by atoms with E-state index < -0.39 is 5.91 Å². The van der Waals surface area contributed by atoms with Crippen LogP contribution in [0.4, 0.5) is 5.13 Å². The van der Waals surface area contributed by atoms with E-state index in [1.165, 1.54) is 23.7 Å². The second-order valence-corrected chi connectivity index (χ2v) is 6.50. The van der Waals surface area contributed by atoms with Gasteiger partial charge in [0, 0.05) is 22.0 Å². The minimum absolute atomic E-state index is 0.0868. The zero-order valence-corrected chi connectivity index (χ0v) is 14.8. The Kier molecular flexibility index (Phi) is 5.19. The van der Waals surface area contributed by atoms with Gasteiger partial charge in [-0.3, -0.25) is 10.1 Å². The molecule has 0 unspecified atom stereocenters. The van der Waals surface area contributed by atoms with Crippen LogP contribution in [0, 0.1) is 11.3 Å². The van der Waals surface area contributed by atoms with Gasteiger partial charge in [-0.1, -0.05) is 23.2 Å². The van der Waals surface area contributed by atoms with Crippen LogP contribution in [-0.4, -0.2) is 10.9 Å². The molecule has 0 radical (unpaired) electrons. The molecule has 3 rings (SSSR count). The molecule has 0 saturated carbocycles. The molecular weight excluding hydrogens is 381 g/mol. The first kappa shape index (κ1) is 17.2. The third-order valence-corrected chi connectivity index (χ3v) is 4.43. The Morgan fingerprint density at radius 1 is 1.36 bits per heavy atom. The van der Waals surface area contributed by atoms with Gasteiger partial charge >= 0.3 is 0 Å². The number of benzene rings is 1. The summed E-state index contributed by atoms with van der Waals surface area (Å²) in [6, 6.07) is 10.2. The van der Waals surface area contributed by atoms with Crippen molar-refractivity contribution in [3.05, 3.63) is 63.4 Å². The molecule has 0 aliphatic heterocycles. The van der Waals surface area contributed by atoms with E-state index >= 15 is 0 Å². The zero-order valence-electron chi connectivity index (χ0n) is 12.5. The third kappa shape index (κ3) is 4.09. The summed E-state index contributed by atoms with van der Waals surface area (Å²) in [6.07, 6.45) is 2.82. The van der Waals surface area contributed by atoms with E-state index in [-0.39, 0.29) is 5.57 Å². The molecule has 0 aliphatic carbocycles. The van der Waals surface area contributed by atoms with Crippen molar-refractivity contribution in [2.45, 2.75) is 0 Å². The molecule has 3 aromatic rings. The van der Waals surface area contributed by atoms with Crippen LogP contribution in [0.1, 0.15) is 5.76 Å². The third-order valence-electron chi connectivity index (χ3n) is 3.13. The molecule has 0 aliphatic rings. The predicted octanol–water partition coefficient (Wildman–Crippen LogP) is 5.26. The summed E-state index contributed by atoms with van der Waals surface area (Å²) in [7, 11) is 0. The van der Waals surface area contributed by atoms with Gasteiger partial charge in [0.1, 0.15) is 17.4 Å². The average molecular weight is 390 g/mol. The van der Waals surface area contributed by atoms with Gasteiger partial charge in [0.25, 0.3) is 5.91 Å². The lowest BCUT2D eigenvalue weighted by Gasteiger charge is -2.01. The quantitative estimate of drug-likeness (QED) is 0.487. The second-order valence-electron chi connectivity index (χ2n) is 4.80. The number of nitrogens with one attached hydrogen (secondary N) is 1. The van der Waals surface area contributed by atoms with Crippen LogP contribution in [-0.2, 0) is 4.79 Å². The smallest absolute Gasteiger partial charge is 0.268 e. The summed E-state index contributed by atoms with van der Waals surface area (Å²) in [5, 5.41) is 14.8. The summed E-state index contributed by atoms with van der Waals surface area (Å²) >= 11 is 13.3. The first-order valence-corrected chi connectivity index (χ1v) is 8.58. The number of amides is 1. The Labute approximate surface area is 157 Å². The van der Waals surface area contributed by atoms with Crippen molar-refractivity contribution in [2.75, 3.05) is 5.32 Å². The van der Waals surface area contributed by atoms with Crippen molar-refractivity contribution in [3.63, 3.8) is 0 Å². The number of hydrogen-bond donors (Lipinski definition) is 1. The van der Waals surface area contributed by atoms with Gasteiger partial charge < -0.3 is 4.42 Å². The van der Waals surface area contributed by atoms with Gasteiger partial charge in [0.05, 0.1) is 17.0 Å². The lowest BCUT2D eigenvalue weighted by atomic mass is 10.2. The van der Waals surface area contributed by atoms with Crippen LogP contribution >= 0.6 is 34.5 Å². The molecule has 1 N–H and O–H groups in total. The Morgan fingerprint density at radius 3 is 2.88 bits per heavy atom. The van der Waals surface area contributed by atoms with E-state index in [0.29, 0.717) is 32.2 Å². The van der Waals surface area contributed by atoms with Crippen LogP contribution < -0.4 is 5.32 Å². The minimum Gasteiger partial charge on any atom is -0.465 e. The lowest BCUT2D eigenvalue weighted by molar-refractivity contribution is -0.112. The van der Waals surface area contributed by atoms with Gasteiger partial charge in [0.15, 0.2) is 5.13 Å². The number of halogens is 2. The van der Waals surface area contributed by atoms with Crippen LogP contribution in [0.3, 0.4) is 0 Å². The molecule has 8 heteroatoms. The summed E-state index contributed by atoms with van der Waals surface area (Å²) in [4.78, 5) is 16.5. The molecule has 124 valence electrons. The maximum Gasteiger partial charge on any atom is 0.268 e. The van der Waals surface area contributed by atoms with Crippen LogP contribution in [0.2, 0.25) is 10.0 Å². The molecule has 2 heterocycles. The maximum atomic E-state index is 12.2. The number of carbonyl (C=O) groups excluding carboxylic acids is 1. The molecule has 0 fully saturated rings. The molecule has 0 saturated heterocycles. The number of hydrogen-bond acceptors (Lipinski definition) is 5. The first-order valence-electron chi connectivity index (χ1n) is 6.94. The number of aromatic nitrogens is 1. The van der Waals surface area contributed by atoms with Gasteiger partial charge in [-0.05, 0) is 30.3 Å². The SMILES string of the molecule is N#C/C(=C\c1ccco1)C(=O)Nc1nc(-c2ccc(Cl)cc2Cl)cs1. The molecule has 25 heavy (non-hydrogen) atoms. The predicted molar refractivity (Wildman–Crippen MR) is 98.5 cm³/mol. The van der Waals surface area contributed by atoms with Crippen molar-refractivity contribution in [2.24, 2.45) is 0 Å². The first-order chi connectivity index (χ1) is 12.1. The van der Waals surface area contributed by atoms with Crippen molar-refractivity contribution in [1.82, 2.24) is 4.98 Å². The van der Waals surface area contributed by atoms with E-state index in [4.69, 9.17) is 32.9 Å². The number of nitriles is 1. The Balaban J connectivity index is 1.79. The highest BCUT2D eigenvalue weighted by Gasteiger charge is 2.14. The van der Waals surface area contributed by atoms with E-state index in [1.54, 1.807) is 35.7 Å². The fourth-order valence-corrected chi connectivity index (χ4v) is 3.19. The van der Waals surface area contributed by atoms with Crippen LogP contribution in [0.5, 0.6) is 0 Å². The molecule has 1 aromatic carbocycles. The minimum atomic E-state index is -0.568. The Hall–Kier alpha value is -2.59. The van der Waals surface area contributed by atoms with Gasteiger partial charge in [-0.2, -0.15) is 5.26 Å². The fourth-order valence-electron chi connectivity index (χ4n) is 1.98. The van der Waals surface area contributed by atoms with E-state index in [0.717, 1.165) is 0 Å². The van der Waals surface area contributed by atoms with E-state index in [9.17, 15) is 4.79 Å². The van der Waals surface area contributed by atoms with Gasteiger partial charge in [0.2, 0.25) is 0 Å². The number of rotatable bonds is 4. The van der Waals surface area contributed by atoms with Crippen molar-refractivity contribution in [1.29, 1.82) is 5.26 Å². The molecule has 1 amide bonds. The summed E-state index contributed by atoms with van der Waals surface area (Å²) in [6.45, 7) is 0. The highest BCUT2D eigenvalue weighted by atomic mass is 35.5. The molecule has 0 bridgehead atoms. The summed E-state index contributed by atoms with van der Waals surface area (Å²) in [5.41, 5.74) is 1.22. The van der Waals surface area contributed by atoms with E-state index in [2.05, 4.69) is 10.3 Å². The number of thiazole rings is 1. The monoisotopic (exact) mass is 389 g/mol. The molecule has 5 nitrogen and oxygen atoms in total. The van der Waals surface area contributed by atoms with Crippen LogP contribution in [0.25, 0.3) is 17.3 Å². The van der Waals surface area contributed by atoms with Crippen molar-refractivity contribution in [3.8, 4) is 17.3 Å². The average Bonchev–Trinajstić information content (AvgIpc) is 3.24. The zero-order chi connectivity index (χ0) is 17.8. The fraction of sp³-hybridized carbons (Fsp3) is 0. The highest BCUT2D eigenvalue weighted by molar-refractivity contribution is 7.14. The maximum absolute atomic E-state index is 12.2. The normalized spacial score (nSPS) is 11.2. The molecular formula is C17H9Cl2N3O2S. The number of anilines is 1. The molecule has 0 spiro atoms. The van der Waals surface area contributed by atoms with Gasteiger partial charge in [-0.15, -0.1) is 11.3 Å². The Morgan fingerprint density at radius 2 is 2.20 bits per heavy atom. The van der Waals surface area contributed by atoms with Gasteiger partial charge in [-0.25, -0.2) is 4.98 Å². The second kappa shape index (κ2) is 7.53. The van der Waals surface area contributed by atoms with Crippen molar-refractivity contribution >= 4 is 51.7 Å². The van der Waals surface area contributed by atoms with Crippen LogP contribution in [0.15, 0.2) is 52.0 Å².